The van der Waals surface area contributed by atoms with Gasteiger partial charge in [0, 0.05) is 12.2 Å². The van der Waals surface area contributed by atoms with Gasteiger partial charge >= 0.3 is 0 Å². The topological polar surface area (TPSA) is 58.2 Å². The van der Waals surface area contributed by atoms with E-state index >= 15 is 0 Å². The Bertz CT molecular complexity index is 775. The van der Waals surface area contributed by atoms with E-state index in [0.717, 1.165) is 25.1 Å². The molecule has 24 heavy (non-hydrogen) atoms. The highest BCUT2D eigenvalue weighted by Gasteiger charge is 2.17. The molecule has 1 heterocycles. The molecule has 1 fully saturated rings. The normalized spacial score (nSPS) is 18.0. The Labute approximate surface area is 144 Å². The second-order valence-electron chi connectivity index (χ2n) is 6.64. The zero-order valence-electron chi connectivity index (χ0n) is 14.1. The Hall–Kier alpha value is -1.85. The maximum atomic E-state index is 12.5. The number of rotatable bonds is 5. The number of anilines is 1. The molecule has 0 spiro atoms. The lowest BCUT2D eigenvalue weighted by Crippen LogP contribution is -2.13. The fourth-order valence-corrected chi connectivity index (χ4v) is 4.07. The second kappa shape index (κ2) is 6.95. The van der Waals surface area contributed by atoms with Gasteiger partial charge in [-0.05, 0) is 60.2 Å². The van der Waals surface area contributed by atoms with E-state index in [9.17, 15) is 8.42 Å². The summed E-state index contributed by atoms with van der Waals surface area (Å²) in [6.07, 6.45) is 1.13. The van der Waals surface area contributed by atoms with Crippen molar-refractivity contribution in [3.05, 3.63) is 59.7 Å². The summed E-state index contributed by atoms with van der Waals surface area (Å²) < 4.78 is 27.7. The molecule has 5 heteroatoms. The number of benzene rings is 2. The maximum Gasteiger partial charge on any atom is 0.261 e. The van der Waals surface area contributed by atoms with E-state index in [1.54, 1.807) is 12.1 Å². The first kappa shape index (κ1) is 17.0. The van der Waals surface area contributed by atoms with Gasteiger partial charge in [-0.15, -0.1) is 0 Å². The van der Waals surface area contributed by atoms with E-state index in [4.69, 9.17) is 0 Å². The molecule has 0 radical (unpaired) electrons. The number of hydrogen-bond acceptors (Lipinski definition) is 3. The highest BCUT2D eigenvalue weighted by atomic mass is 32.2. The molecule has 0 amide bonds. The monoisotopic (exact) mass is 344 g/mol. The summed E-state index contributed by atoms with van der Waals surface area (Å²) in [5.74, 6) is 0.909. The second-order valence-corrected chi connectivity index (χ2v) is 8.32. The zero-order chi connectivity index (χ0) is 17.2. The summed E-state index contributed by atoms with van der Waals surface area (Å²) in [7, 11) is -3.55. The van der Waals surface area contributed by atoms with Crippen molar-refractivity contribution < 1.29 is 8.42 Å². The van der Waals surface area contributed by atoms with Crippen LogP contribution in [0.25, 0.3) is 0 Å². The highest BCUT2D eigenvalue weighted by molar-refractivity contribution is 7.92. The summed E-state index contributed by atoms with van der Waals surface area (Å²) >= 11 is 0. The molecule has 128 valence electrons. The predicted molar refractivity (Wildman–Crippen MR) is 98.0 cm³/mol. The van der Waals surface area contributed by atoms with Gasteiger partial charge in [0.25, 0.3) is 10.0 Å². The molecule has 1 saturated heterocycles. The Balaban J connectivity index is 1.73. The van der Waals surface area contributed by atoms with Gasteiger partial charge in [-0.1, -0.05) is 38.1 Å². The summed E-state index contributed by atoms with van der Waals surface area (Å²) in [4.78, 5) is 0.288. The lowest BCUT2D eigenvalue weighted by atomic mass is 9.98. The summed E-state index contributed by atoms with van der Waals surface area (Å²) in [6.45, 7) is 6.21. The average molecular weight is 344 g/mol. The third kappa shape index (κ3) is 3.79. The molecular weight excluding hydrogens is 320 g/mol. The number of hydrogen-bond donors (Lipinski definition) is 2. The highest BCUT2D eigenvalue weighted by Crippen LogP contribution is 2.25. The minimum Gasteiger partial charge on any atom is -0.316 e. The summed E-state index contributed by atoms with van der Waals surface area (Å²) in [6, 6.07) is 14.8. The molecule has 0 saturated carbocycles. The summed E-state index contributed by atoms with van der Waals surface area (Å²) in [5.41, 5.74) is 2.98. The van der Waals surface area contributed by atoms with Gasteiger partial charge in [0.15, 0.2) is 0 Å². The van der Waals surface area contributed by atoms with Crippen LogP contribution in [-0.2, 0) is 10.0 Å². The zero-order valence-corrected chi connectivity index (χ0v) is 14.9. The molecular formula is C19H24N2O2S. The van der Waals surface area contributed by atoms with Crippen molar-refractivity contribution in [3.63, 3.8) is 0 Å². The third-order valence-corrected chi connectivity index (χ3v) is 5.95. The lowest BCUT2D eigenvalue weighted by molar-refractivity contribution is 0.601. The van der Waals surface area contributed by atoms with Crippen LogP contribution in [0.1, 0.15) is 43.2 Å². The fourth-order valence-electron chi connectivity index (χ4n) is 3.01. The van der Waals surface area contributed by atoms with Crippen LogP contribution in [0.4, 0.5) is 5.69 Å². The molecule has 2 aromatic carbocycles. The Kier molecular flexibility index (Phi) is 4.92. The Morgan fingerprint density at radius 3 is 2.25 bits per heavy atom. The lowest BCUT2D eigenvalue weighted by Gasteiger charge is -2.12. The van der Waals surface area contributed by atoms with Crippen molar-refractivity contribution in [2.24, 2.45) is 0 Å². The van der Waals surface area contributed by atoms with E-state index in [0.29, 0.717) is 17.5 Å². The SMILES string of the molecule is CC(C)c1ccc(S(=O)(=O)Nc2ccc(C3CCNC3)cc2)cc1. The van der Waals surface area contributed by atoms with Crippen molar-refractivity contribution in [1.82, 2.24) is 5.32 Å². The van der Waals surface area contributed by atoms with E-state index in [2.05, 4.69) is 23.9 Å². The van der Waals surface area contributed by atoms with Crippen molar-refractivity contribution in [3.8, 4) is 0 Å². The standard InChI is InChI=1S/C19H24N2O2S/c1-14(2)15-5-9-19(10-6-15)24(22,23)21-18-7-3-16(4-8-18)17-11-12-20-13-17/h3-10,14,17,20-21H,11-13H2,1-2H3. The van der Waals surface area contributed by atoms with Crippen LogP contribution in [0, 0.1) is 0 Å². The maximum absolute atomic E-state index is 12.5. The average Bonchev–Trinajstić information content (AvgIpc) is 3.10. The van der Waals surface area contributed by atoms with Crippen LogP contribution in [0.3, 0.4) is 0 Å². The van der Waals surface area contributed by atoms with Gasteiger partial charge < -0.3 is 5.32 Å². The van der Waals surface area contributed by atoms with Crippen LogP contribution in [0.2, 0.25) is 0 Å². The molecule has 0 aliphatic carbocycles. The number of nitrogens with one attached hydrogen (secondary N) is 2. The molecule has 1 atom stereocenters. The van der Waals surface area contributed by atoms with Gasteiger partial charge in [-0.2, -0.15) is 0 Å². The van der Waals surface area contributed by atoms with Crippen LogP contribution < -0.4 is 10.0 Å². The molecule has 1 aliphatic heterocycles. The summed E-state index contributed by atoms with van der Waals surface area (Å²) in [5, 5.41) is 3.35. The molecule has 3 rings (SSSR count). The molecule has 1 aliphatic rings. The van der Waals surface area contributed by atoms with Gasteiger partial charge in [0.05, 0.1) is 4.90 Å². The quantitative estimate of drug-likeness (QED) is 0.870. The molecule has 4 nitrogen and oxygen atoms in total. The first-order valence-electron chi connectivity index (χ1n) is 8.39. The van der Waals surface area contributed by atoms with Gasteiger partial charge in [-0.3, -0.25) is 4.72 Å². The molecule has 2 N–H and O–H groups in total. The minimum absolute atomic E-state index is 0.288. The first-order valence-corrected chi connectivity index (χ1v) is 9.87. The van der Waals surface area contributed by atoms with Crippen LogP contribution in [0.5, 0.6) is 0 Å². The molecule has 0 bridgehead atoms. The van der Waals surface area contributed by atoms with Gasteiger partial charge in [0.1, 0.15) is 0 Å². The van der Waals surface area contributed by atoms with Crippen molar-refractivity contribution in [1.29, 1.82) is 0 Å². The number of sulfonamides is 1. The smallest absolute Gasteiger partial charge is 0.261 e. The van der Waals surface area contributed by atoms with Gasteiger partial charge in [-0.25, -0.2) is 8.42 Å². The van der Waals surface area contributed by atoms with E-state index in [1.165, 1.54) is 5.56 Å². The Morgan fingerprint density at radius 1 is 1.04 bits per heavy atom. The van der Waals surface area contributed by atoms with Crippen molar-refractivity contribution in [2.75, 3.05) is 17.8 Å². The third-order valence-electron chi connectivity index (χ3n) is 4.55. The van der Waals surface area contributed by atoms with Crippen molar-refractivity contribution in [2.45, 2.75) is 37.0 Å². The van der Waals surface area contributed by atoms with E-state index < -0.39 is 10.0 Å². The largest absolute Gasteiger partial charge is 0.316 e. The Morgan fingerprint density at radius 2 is 1.71 bits per heavy atom. The van der Waals surface area contributed by atoms with Crippen LogP contribution in [-0.4, -0.2) is 21.5 Å². The molecule has 0 aromatic heterocycles. The van der Waals surface area contributed by atoms with E-state index in [-0.39, 0.29) is 4.90 Å². The van der Waals surface area contributed by atoms with Crippen LogP contribution in [0.15, 0.2) is 53.4 Å². The van der Waals surface area contributed by atoms with Gasteiger partial charge in [0.2, 0.25) is 0 Å². The van der Waals surface area contributed by atoms with Crippen LogP contribution >= 0.6 is 0 Å². The molecule has 2 aromatic rings. The fraction of sp³-hybridized carbons (Fsp3) is 0.368. The predicted octanol–water partition coefficient (Wildman–Crippen LogP) is 3.69. The first-order chi connectivity index (χ1) is 11.5. The minimum atomic E-state index is -3.55. The van der Waals surface area contributed by atoms with Crippen molar-refractivity contribution >= 4 is 15.7 Å². The molecule has 1 unspecified atom stereocenters. The van der Waals surface area contributed by atoms with E-state index in [1.807, 2.05) is 36.4 Å².